The summed E-state index contributed by atoms with van der Waals surface area (Å²) in [5.74, 6) is -3.01. The van der Waals surface area contributed by atoms with E-state index in [1.165, 1.54) is 0 Å². The third-order valence-corrected chi connectivity index (χ3v) is 4.37. The van der Waals surface area contributed by atoms with Crippen molar-refractivity contribution in [3.63, 3.8) is 0 Å². The molecule has 2 aromatic rings. The summed E-state index contributed by atoms with van der Waals surface area (Å²) in [6.45, 7) is 4.34. The van der Waals surface area contributed by atoms with Gasteiger partial charge in [0.1, 0.15) is 5.82 Å². The van der Waals surface area contributed by atoms with Crippen molar-refractivity contribution in [2.24, 2.45) is 0 Å². The number of halogens is 4. The second-order valence-corrected chi connectivity index (χ2v) is 5.55. The Morgan fingerprint density at radius 1 is 1.05 bits per heavy atom. The maximum Gasteiger partial charge on any atom is 0.161 e. The third-order valence-electron chi connectivity index (χ3n) is 3.29. The SMILES string of the molecule is CCNC(c1cc(F)c(F)cc1F)c1cccc(C)c1Br. The van der Waals surface area contributed by atoms with Gasteiger partial charge in [-0.25, -0.2) is 13.2 Å². The average Bonchev–Trinajstić information content (AvgIpc) is 2.44. The summed E-state index contributed by atoms with van der Waals surface area (Å²) in [5, 5.41) is 3.11. The molecule has 112 valence electrons. The summed E-state index contributed by atoms with van der Waals surface area (Å²) in [6, 6.07) is 6.52. The normalized spacial score (nSPS) is 12.5. The van der Waals surface area contributed by atoms with Gasteiger partial charge in [0, 0.05) is 16.1 Å². The summed E-state index contributed by atoms with van der Waals surface area (Å²) in [5.41, 5.74) is 1.85. The van der Waals surface area contributed by atoms with Crippen LogP contribution in [0.5, 0.6) is 0 Å². The minimum absolute atomic E-state index is 0.0852. The van der Waals surface area contributed by atoms with Gasteiger partial charge in [-0.1, -0.05) is 41.1 Å². The molecule has 0 radical (unpaired) electrons. The first-order valence-electron chi connectivity index (χ1n) is 6.58. The topological polar surface area (TPSA) is 12.0 Å². The van der Waals surface area contributed by atoms with Crippen LogP contribution < -0.4 is 5.32 Å². The van der Waals surface area contributed by atoms with Crippen LogP contribution >= 0.6 is 15.9 Å². The lowest BCUT2D eigenvalue weighted by Gasteiger charge is -2.22. The monoisotopic (exact) mass is 357 g/mol. The lowest BCUT2D eigenvalue weighted by molar-refractivity contribution is 0.481. The van der Waals surface area contributed by atoms with E-state index in [1.807, 2.05) is 32.0 Å². The molecule has 1 atom stereocenters. The zero-order valence-corrected chi connectivity index (χ0v) is 13.3. The number of nitrogens with one attached hydrogen (secondary N) is 1. The molecular formula is C16H15BrF3N. The Labute approximate surface area is 130 Å². The van der Waals surface area contributed by atoms with Gasteiger partial charge in [0.25, 0.3) is 0 Å². The molecule has 0 amide bonds. The quantitative estimate of drug-likeness (QED) is 0.769. The largest absolute Gasteiger partial charge is 0.306 e. The molecule has 0 aromatic heterocycles. The molecular weight excluding hydrogens is 343 g/mol. The van der Waals surface area contributed by atoms with Gasteiger partial charge >= 0.3 is 0 Å². The third kappa shape index (κ3) is 3.30. The van der Waals surface area contributed by atoms with Crippen molar-refractivity contribution in [1.82, 2.24) is 5.32 Å². The van der Waals surface area contributed by atoms with E-state index < -0.39 is 23.5 Å². The van der Waals surface area contributed by atoms with E-state index in [4.69, 9.17) is 0 Å². The van der Waals surface area contributed by atoms with Crippen molar-refractivity contribution >= 4 is 15.9 Å². The Morgan fingerprint density at radius 3 is 2.38 bits per heavy atom. The molecule has 1 N–H and O–H groups in total. The molecule has 0 aliphatic rings. The lowest BCUT2D eigenvalue weighted by Crippen LogP contribution is -2.24. The van der Waals surface area contributed by atoms with Crippen LogP contribution in [-0.4, -0.2) is 6.54 Å². The highest BCUT2D eigenvalue weighted by Crippen LogP contribution is 2.32. The van der Waals surface area contributed by atoms with Crippen molar-refractivity contribution in [2.45, 2.75) is 19.9 Å². The minimum atomic E-state index is -1.19. The van der Waals surface area contributed by atoms with Crippen LogP contribution in [0.1, 0.15) is 29.7 Å². The van der Waals surface area contributed by atoms with Crippen molar-refractivity contribution < 1.29 is 13.2 Å². The van der Waals surface area contributed by atoms with E-state index in [9.17, 15) is 13.2 Å². The summed E-state index contributed by atoms with van der Waals surface area (Å²) < 4.78 is 41.5. The van der Waals surface area contributed by atoms with Crippen LogP contribution in [0.4, 0.5) is 13.2 Å². The van der Waals surface area contributed by atoms with E-state index in [0.717, 1.165) is 21.7 Å². The standard InChI is InChI=1S/C16H15BrF3N/c1-3-21-16(10-6-4-5-9(2)15(10)17)11-7-13(19)14(20)8-12(11)18/h4-8,16,21H,3H2,1-2H3. The van der Waals surface area contributed by atoms with Gasteiger partial charge in [-0.3, -0.25) is 0 Å². The van der Waals surface area contributed by atoms with Crippen molar-refractivity contribution in [1.29, 1.82) is 0 Å². The molecule has 0 aliphatic carbocycles. The van der Waals surface area contributed by atoms with Gasteiger partial charge in [0.15, 0.2) is 11.6 Å². The molecule has 0 aliphatic heterocycles. The first-order chi connectivity index (χ1) is 9.95. The van der Waals surface area contributed by atoms with Crippen LogP contribution in [0.2, 0.25) is 0 Å². The van der Waals surface area contributed by atoms with Crippen LogP contribution in [-0.2, 0) is 0 Å². The second-order valence-electron chi connectivity index (χ2n) is 4.76. The molecule has 0 saturated heterocycles. The van der Waals surface area contributed by atoms with E-state index in [1.54, 1.807) is 0 Å². The average molecular weight is 358 g/mol. The first-order valence-corrected chi connectivity index (χ1v) is 7.37. The predicted molar refractivity (Wildman–Crippen MR) is 80.7 cm³/mol. The van der Waals surface area contributed by atoms with E-state index in [2.05, 4.69) is 21.2 Å². The smallest absolute Gasteiger partial charge is 0.161 e. The molecule has 1 unspecified atom stereocenters. The number of rotatable bonds is 4. The second kappa shape index (κ2) is 6.62. The molecule has 0 fully saturated rings. The number of hydrogen-bond donors (Lipinski definition) is 1. The van der Waals surface area contributed by atoms with E-state index in [0.29, 0.717) is 12.6 Å². The van der Waals surface area contributed by atoms with Gasteiger partial charge in [-0.05, 0) is 30.7 Å². The fraction of sp³-hybridized carbons (Fsp3) is 0.250. The zero-order chi connectivity index (χ0) is 15.6. The molecule has 0 spiro atoms. The van der Waals surface area contributed by atoms with Crippen LogP contribution in [0, 0.1) is 24.4 Å². The highest BCUT2D eigenvalue weighted by molar-refractivity contribution is 9.10. The Hall–Kier alpha value is -1.33. The number of aryl methyl sites for hydroxylation is 1. The van der Waals surface area contributed by atoms with Gasteiger partial charge in [-0.15, -0.1) is 0 Å². The number of hydrogen-bond acceptors (Lipinski definition) is 1. The van der Waals surface area contributed by atoms with E-state index >= 15 is 0 Å². The van der Waals surface area contributed by atoms with Crippen molar-refractivity contribution in [3.05, 3.63) is 68.9 Å². The molecule has 0 bridgehead atoms. The lowest BCUT2D eigenvalue weighted by atomic mass is 9.96. The van der Waals surface area contributed by atoms with Crippen molar-refractivity contribution in [2.75, 3.05) is 6.54 Å². The van der Waals surface area contributed by atoms with Gasteiger partial charge in [0.05, 0.1) is 6.04 Å². The Balaban J connectivity index is 2.59. The maximum atomic E-state index is 14.1. The van der Waals surface area contributed by atoms with Crippen LogP contribution in [0.25, 0.3) is 0 Å². The Kier molecular flexibility index (Phi) is 5.06. The van der Waals surface area contributed by atoms with Crippen LogP contribution in [0.3, 0.4) is 0 Å². The summed E-state index contributed by atoms with van der Waals surface area (Å²) in [6.07, 6.45) is 0. The van der Waals surface area contributed by atoms with Gasteiger partial charge < -0.3 is 5.32 Å². The molecule has 21 heavy (non-hydrogen) atoms. The predicted octanol–water partition coefficient (Wildman–Crippen LogP) is 4.87. The Morgan fingerprint density at radius 2 is 1.71 bits per heavy atom. The molecule has 2 aromatic carbocycles. The zero-order valence-electron chi connectivity index (χ0n) is 11.7. The highest BCUT2D eigenvalue weighted by atomic mass is 79.9. The molecule has 0 heterocycles. The van der Waals surface area contributed by atoms with Gasteiger partial charge in [0.2, 0.25) is 0 Å². The molecule has 0 saturated carbocycles. The first kappa shape index (κ1) is 16.0. The molecule has 2 rings (SSSR count). The van der Waals surface area contributed by atoms with Crippen LogP contribution in [0.15, 0.2) is 34.8 Å². The molecule has 1 nitrogen and oxygen atoms in total. The summed E-state index contributed by atoms with van der Waals surface area (Å²) >= 11 is 3.48. The highest BCUT2D eigenvalue weighted by Gasteiger charge is 2.22. The summed E-state index contributed by atoms with van der Waals surface area (Å²) in [7, 11) is 0. The minimum Gasteiger partial charge on any atom is -0.306 e. The summed E-state index contributed by atoms with van der Waals surface area (Å²) in [4.78, 5) is 0. The maximum absolute atomic E-state index is 14.1. The fourth-order valence-corrected chi connectivity index (χ4v) is 2.74. The van der Waals surface area contributed by atoms with Gasteiger partial charge in [-0.2, -0.15) is 0 Å². The molecule has 5 heteroatoms. The Bertz CT molecular complexity index is 658. The number of benzene rings is 2. The van der Waals surface area contributed by atoms with E-state index in [-0.39, 0.29) is 5.56 Å². The fourth-order valence-electron chi connectivity index (χ4n) is 2.24. The van der Waals surface area contributed by atoms with Crippen molar-refractivity contribution in [3.8, 4) is 0 Å².